The molecule has 4 amide bonds. The maximum Gasteiger partial charge on any atom is 0.437 e. The molecule has 1 aliphatic heterocycles. The molecule has 0 atom stereocenters. The van der Waals surface area contributed by atoms with Gasteiger partial charge in [0.25, 0.3) is 0 Å². The topological polar surface area (TPSA) is 104 Å². The van der Waals surface area contributed by atoms with E-state index >= 15 is 8.78 Å². The lowest BCUT2D eigenvalue weighted by atomic mass is 10.0. The van der Waals surface area contributed by atoms with E-state index < -0.39 is 41.6 Å². The minimum atomic E-state index is -1.00. The second-order valence-electron chi connectivity index (χ2n) is 12.8. The van der Waals surface area contributed by atoms with Crippen LogP contribution in [0.4, 0.5) is 23.2 Å². The number of guanidine groups is 1. The Labute approximate surface area is 263 Å². The number of rotatable bonds is 6. The zero-order valence-electron chi connectivity index (χ0n) is 27.4. The second kappa shape index (κ2) is 14.1. The van der Waals surface area contributed by atoms with Crippen molar-refractivity contribution in [2.24, 2.45) is 4.99 Å². The monoisotopic (exact) mass is 631 g/mol. The highest BCUT2D eigenvalue weighted by atomic mass is 19.1. The molecule has 1 saturated heterocycles. The predicted molar refractivity (Wildman–Crippen MR) is 165 cm³/mol. The standard InChI is InChI=1S/C32H43F2N5O6/c1-31(2,3)44-28(40)35-27(38-19-36(7)29(41)37(8)20-38)39(30(42)45-32(4,5)6)18-22-16-25(33)24(26(34)17-22)15-12-21-10-13-23(43-9)14-11-21/h10-11,13-14,16-17H,12,15,18-20H2,1-9H3/b35-27-. The Kier molecular flexibility index (Phi) is 11.0. The second-order valence-corrected chi connectivity index (χ2v) is 12.8. The number of amides is 4. The number of ether oxygens (including phenoxy) is 3. The van der Waals surface area contributed by atoms with E-state index in [0.717, 1.165) is 22.6 Å². The summed E-state index contributed by atoms with van der Waals surface area (Å²) in [5, 5.41) is 0. The van der Waals surface area contributed by atoms with Gasteiger partial charge in [0.2, 0.25) is 5.96 Å². The Balaban J connectivity index is 2.00. The number of carbonyl (C=O) groups is 3. The Bertz CT molecular complexity index is 1380. The number of aliphatic imine (C=N–C) groups is 1. The van der Waals surface area contributed by atoms with Gasteiger partial charge in [-0.15, -0.1) is 4.99 Å². The summed E-state index contributed by atoms with van der Waals surface area (Å²) >= 11 is 0. The fourth-order valence-electron chi connectivity index (χ4n) is 4.53. The van der Waals surface area contributed by atoms with Crippen LogP contribution in [-0.4, -0.2) is 89.5 Å². The Morgan fingerprint density at radius 2 is 1.40 bits per heavy atom. The first kappa shape index (κ1) is 35.1. The maximum atomic E-state index is 15.4. The first-order valence-corrected chi connectivity index (χ1v) is 14.5. The van der Waals surface area contributed by atoms with Crippen molar-refractivity contribution in [3.05, 3.63) is 64.7 Å². The molecule has 246 valence electrons. The van der Waals surface area contributed by atoms with Gasteiger partial charge in [-0.25, -0.2) is 28.1 Å². The third kappa shape index (κ3) is 10.0. The van der Waals surface area contributed by atoms with E-state index in [1.54, 1.807) is 74.9 Å². The highest BCUT2D eigenvalue weighted by Gasteiger charge is 2.35. The van der Waals surface area contributed by atoms with Crippen LogP contribution in [0.15, 0.2) is 41.4 Å². The van der Waals surface area contributed by atoms with Gasteiger partial charge in [-0.3, -0.25) is 0 Å². The zero-order valence-corrected chi connectivity index (χ0v) is 27.4. The number of nitrogens with zero attached hydrogens (tertiary/aromatic N) is 5. The quantitative estimate of drug-likeness (QED) is 0.285. The number of urea groups is 1. The number of hydrogen-bond donors (Lipinski definition) is 0. The molecule has 0 spiro atoms. The van der Waals surface area contributed by atoms with Crippen molar-refractivity contribution in [2.45, 2.75) is 72.1 Å². The van der Waals surface area contributed by atoms with Crippen LogP contribution in [0.25, 0.3) is 0 Å². The molecular weight excluding hydrogens is 588 g/mol. The van der Waals surface area contributed by atoms with Crippen molar-refractivity contribution < 1.29 is 37.4 Å². The lowest BCUT2D eigenvalue weighted by molar-refractivity contribution is 0.0300. The maximum absolute atomic E-state index is 15.4. The van der Waals surface area contributed by atoms with E-state index in [1.807, 2.05) is 12.1 Å². The normalized spacial score (nSPS) is 14.4. The molecule has 1 fully saturated rings. The molecule has 0 radical (unpaired) electrons. The molecule has 0 aromatic heterocycles. The largest absolute Gasteiger partial charge is 0.497 e. The SMILES string of the molecule is COc1ccc(CCc2c(F)cc(CN(C(=O)OC(C)(C)C)/C(=N\C(=O)OC(C)(C)C)N3CN(C)C(=O)N(C)C3)cc2F)cc1. The smallest absolute Gasteiger partial charge is 0.437 e. The fourth-order valence-corrected chi connectivity index (χ4v) is 4.53. The summed E-state index contributed by atoms with van der Waals surface area (Å²) in [5.74, 6) is -1.10. The number of methoxy groups -OCH3 is 1. The van der Waals surface area contributed by atoms with E-state index in [0.29, 0.717) is 12.2 Å². The van der Waals surface area contributed by atoms with E-state index in [2.05, 4.69) is 4.99 Å². The molecule has 0 unspecified atom stereocenters. The van der Waals surface area contributed by atoms with Crippen LogP contribution < -0.4 is 4.74 Å². The molecule has 0 aliphatic carbocycles. The third-order valence-electron chi connectivity index (χ3n) is 6.51. The Morgan fingerprint density at radius 1 is 0.867 bits per heavy atom. The van der Waals surface area contributed by atoms with E-state index in [9.17, 15) is 14.4 Å². The van der Waals surface area contributed by atoms with Gasteiger partial charge >= 0.3 is 18.2 Å². The van der Waals surface area contributed by atoms with Crippen molar-refractivity contribution in [3.63, 3.8) is 0 Å². The number of aryl methyl sites for hydroxylation is 1. The highest BCUT2D eigenvalue weighted by Crippen LogP contribution is 2.23. The van der Waals surface area contributed by atoms with Crippen LogP contribution in [0.1, 0.15) is 58.2 Å². The van der Waals surface area contributed by atoms with Gasteiger partial charge in [0.1, 0.15) is 28.6 Å². The van der Waals surface area contributed by atoms with Crippen LogP contribution in [-0.2, 0) is 28.9 Å². The average Bonchev–Trinajstić information content (AvgIpc) is 2.91. The summed E-state index contributed by atoms with van der Waals surface area (Å²) in [6.07, 6.45) is -1.43. The van der Waals surface area contributed by atoms with E-state index in [4.69, 9.17) is 14.2 Å². The van der Waals surface area contributed by atoms with Gasteiger partial charge in [0.05, 0.1) is 27.0 Å². The Hall–Kier alpha value is -4.42. The van der Waals surface area contributed by atoms with Crippen LogP contribution in [0, 0.1) is 11.6 Å². The minimum Gasteiger partial charge on any atom is -0.497 e. The predicted octanol–water partition coefficient (Wildman–Crippen LogP) is 6.00. The third-order valence-corrected chi connectivity index (χ3v) is 6.51. The van der Waals surface area contributed by atoms with Crippen molar-refractivity contribution in [1.82, 2.24) is 19.6 Å². The molecular formula is C32H43F2N5O6. The van der Waals surface area contributed by atoms with Gasteiger partial charge in [0.15, 0.2) is 0 Å². The molecule has 11 nitrogen and oxygen atoms in total. The van der Waals surface area contributed by atoms with Gasteiger partial charge in [-0.1, -0.05) is 12.1 Å². The molecule has 1 heterocycles. The zero-order chi connectivity index (χ0) is 33.7. The van der Waals surface area contributed by atoms with Gasteiger partial charge in [-0.05, 0) is 89.8 Å². The number of benzene rings is 2. The number of hydrogen-bond acceptors (Lipinski definition) is 6. The van der Waals surface area contributed by atoms with Crippen molar-refractivity contribution >= 4 is 24.2 Å². The lowest BCUT2D eigenvalue weighted by Crippen LogP contribution is -2.60. The van der Waals surface area contributed by atoms with E-state index in [-0.39, 0.29) is 42.9 Å². The minimum absolute atomic E-state index is 0.0445. The molecule has 2 aromatic carbocycles. The van der Waals surface area contributed by atoms with Crippen molar-refractivity contribution in [1.29, 1.82) is 0 Å². The molecule has 0 N–H and O–H groups in total. The molecule has 0 saturated carbocycles. The number of carbonyl (C=O) groups excluding carboxylic acids is 3. The van der Waals surface area contributed by atoms with E-state index in [1.165, 1.54) is 14.7 Å². The molecule has 1 aliphatic rings. The lowest BCUT2D eigenvalue weighted by Gasteiger charge is -2.42. The average molecular weight is 632 g/mol. The summed E-state index contributed by atoms with van der Waals surface area (Å²) in [7, 11) is 4.65. The van der Waals surface area contributed by atoms with Crippen LogP contribution in [0.2, 0.25) is 0 Å². The molecule has 0 bridgehead atoms. The summed E-state index contributed by atoms with van der Waals surface area (Å²) in [6.45, 7) is 9.47. The van der Waals surface area contributed by atoms with Crippen LogP contribution in [0.5, 0.6) is 5.75 Å². The summed E-state index contributed by atoms with van der Waals surface area (Å²) < 4.78 is 47.0. The summed E-state index contributed by atoms with van der Waals surface area (Å²) in [4.78, 5) is 48.4. The molecule has 2 aromatic rings. The molecule has 13 heteroatoms. The van der Waals surface area contributed by atoms with Gasteiger partial charge in [0, 0.05) is 19.7 Å². The van der Waals surface area contributed by atoms with Crippen molar-refractivity contribution in [3.8, 4) is 5.75 Å². The first-order chi connectivity index (χ1) is 20.9. The van der Waals surface area contributed by atoms with Crippen LogP contribution >= 0.6 is 0 Å². The molecule has 3 rings (SSSR count). The van der Waals surface area contributed by atoms with Gasteiger partial charge in [-0.2, -0.15) is 0 Å². The molecule has 45 heavy (non-hydrogen) atoms. The summed E-state index contributed by atoms with van der Waals surface area (Å²) in [5.41, 5.74) is -0.983. The fraction of sp³-hybridized carbons (Fsp3) is 0.500. The van der Waals surface area contributed by atoms with Crippen molar-refractivity contribution in [2.75, 3.05) is 34.5 Å². The summed E-state index contributed by atoms with van der Waals surface area (Å²) in [6, 6.07) is 9.22. The highest BCUT2D eigenvalue weighted by molar-refractivity contribution is 5.99. The van der Waals surface area contributed by atoms with Crippen LogP contribution in [0.3, 0.4) is 0 Å². The Morgan fingerprint density at radius 3 is 1.89 bits per heavy atom. The van der Waals surface area contributed by atoms with Gasteiger partial charge < -0.3 is 28.9 Å². The number of halogens is 2. The first-order valence-electron chi connectivity index (χ1n) is 14.5.